The minimum Gasteiger partial charge on any atom is -0.477 e. The Bertz CT molecular complexity index is 519. The van der Waals surface area contributed by atoms with Gasteiger partial charge in [-0.1, -0.05) is 6.07 Å². The zero-order valence-corrected chi connectivity index (χ0v) is 9.90. The summed E-state index contributed by atoms with van der Waals surface area (Å²) in [6, 6.07) is 4.12. The summed E-state index contributed by atoms with van der Waals surface area (Å²) in [5, 5.41) is 11.1. The third kappa shape index (κ3) is 3.24. The van der Waals surface area contributed by atoms with Gasteiger partial charge in [0.1, 0.15) is 5.82 Å². The van der Waals surface area contributed by atoms with Crippen LogP contribution >= 0.6 is 0 Å². The van der Waals surface area contributed by atoms with Crippen molar-refractivity contribution in [2.45, 2.75) is 25.2 Å². The molecular formula is C12H12F2N2O3. The first-order chi connectivity index (χ1) is 8.87. The Morgan fingerprint density at radius 3 is 2.74 bits per heavy atom. The van der Waals surface area contributed by atoms with Crippen LogP contribution in [0.25, 0.3) is 0 Å². The van der Waals surface area contributed by atoms with Crippen LogP contribution < -0.4 is 5.32 Å². The average Bonchev–Trinajstić information content (AvgIpc) is 2.70. The van der Waals surface area contributed by atoms with Gasteiger partial charge >= 0.3 is 5.97 Å². The van der Waals surface area contributed by atoms with Crippen molar-refractivity contribution in [3.63, 3.8) is 0 Å². The molecule has 7 heteroatoms. The minimum absolute atomic E-state index is 0.0557. The lowest BCUT2D eigenvalue weighted by molar-refractivity contribution is -0.120. The van der Waals surface area contributed by atoms with Crippen molar-refractivity contribution in [3.8, 4) is 0 Å². The quantitative estimate of drug-likeness (QED) is 0.882. The van der Waals surface area contributed by atoms with Gasteiger partial charge in [-0.25, -0.2) is 18.6 Å². The van der Waals surface area contributed by atoms with E-state index < -0.39 is 30.1 Å². The minimum atomic E-state index is -2.79. The summed E-state index contributed by atoms with van der Waals surface area (Å²) in [5.74, 6) is -5.26. The van der Waals surface area contributed by atoms with Gasteiger partial charge in [-0.3, -0.25) is 4.79 Å². The van der Waals surface area contributed by atoms with Gasteiger partial charge in [0.25, 0.3) is 0 Å². The SMILES string of the molecule is O=C(O)c1cccc(NC(=O)C2CCC(F)(F)C2)n1. The molecular weight excluding hydrogens is 258 g/mol. The molecule has 1 aromatic rings. The molecule has 1 fully saturated rings. The predicted molar refractivity (Wildman–Crippen MR) is 62.1 cm³/mol. The van der Waals surface area contributed by atoms with E-state index in [0.29, 0.717) is 0 Å². The number of alkyl halides is 2. The number of anilines is 1. The lowest BCUT2D eigenvalue weighted by atomic mass is 10.1. The van der Waals surface area contributed by atoms with E-state index in [1.54, 1.807) is 0 Å². The lowest BCUT2D eigenvalue weighted by Crippen LogP contribution is -2.23. The number of rotatable bonds is 3. The smallest absolute Gasteiger partial charge is 0.354 e. The Kier molecular flexibility index (Phi) is 3.46. The van der Waals surface area contributed by atoms with E-state index in [0.717, 1.165) is 0 Å². The number of nitrogens with zero attached hydrogens (tertiary/aromatic N) is 1. The first kappa shape index (κ1) is 13.4. The first-order valence-corrected chi connectivity index (χ1v) is 5.76. The van der Waals surface area contributed by atoms with Crippen molar-refractivity contribution in [1.29, 1.82) is 0 Å². The third-order valence-electron chi connectivity index (χ3n) is 2.99. The van der Waals surface area contributed by atoms with E-state index in [1.165, 1.54) is 18.2 Å². The van der Waals surface area contributed by atoms with Crippen LogP contribution in [0.5, 0.6) is 0 Å². The second kappa shape index (κ2) is 4.91. The number of amides is 1. The average molecular weight is 270 g/mol. The number of aromatic carboxylic acids is 1. The van der Waals surface area contributed by atoms with E-state index in [1.807, 2.05) is 0 Å². The maximum atomic E-state index is 13.0. The van der Waals surface area contributed by atoms with Crippen LogP contribution in [0.4, 0.5) is 14.6 Å². The highest BCUT2D eigenvalue weighted by Gasteiger charge is 2.42. The Balaban J connectivity index is 2.03. The molecule has 0 bridgehead atoms. The predicted octanol–water partition coefficient (Wildman–Crippen LogP) is 2.15. The Morgan fingerprint density at radius 1 is 1.42 bits per heavy atom. The summed E-state index contributed by atoms with van der Waals surface area (Å²) < 4.78 is 26.0. The highest BCUT2D eigenvalue weighted by molar-refractivity contribution is 5.93. The zero-order chi connectivity index (χ0) is 14.0. The fourth-order valence-corrected chi connectivity index (χ4v) is 2.03. The monoisotopic (exact) mass is 270 g/mol. The Labute approximate surface area is 107 Å². The zero-order valence-electron chi connectivity index (χ0n) is 9.90. The molecule has 1 heterocycles. The molecule has 0 aliphatic heterocycles. The van der Waals surface area contributed by atoms with Gasteiger partial charge in [-0.2, -0.15) is 0 Å². The number of pyridine rings is 1. The summed E-state index contributed by atoms with van der Waals surface area (Å²) in [7, 11) is 0. The normalized spacial score (nSPS) is 21.1. The van der Waals surface area contributed by atoms with Crippen LogP contribution in [-0.2, 0) is 4.79 Å². The third-order valence-corrected chi connectivity index (χ3v) is 2.99. The standard InChI is InChI=1S/C12H12F2N2O3/c13-12(14)5-4-7(6-12)10(17)16-9-3-1-2-8(15-9)11(18)19/h1-3,7H,4-6H2,(H,18,19)(H,15,16,17). The molecule has 1 unspecified atom stereocenters. The highest BCUT2D eigenvalue weighted by atomic mass is 19.3. The second-order valence-corrected chi connectivity index (χ2v) is 4.50. The molecule has 19 heavy (non-hydrogen) atoms. The molecule has 1 aliphatic carbocycles. The summed E-state index contributed by atoms with van der Waals surface area (Å²) >= 11 is 0. The number of carbonyl (C=O) groups is 2. The van der Waals surface area contributed by atoms with Crippen LogP contribution in [0.3, 0.4) is 0 Å². The fraction of sp³-hybridized carbons (Fsp3) is 0.417. The van der Waals surface area contributed by atoms with Crippen molar-refractivity contribution in [3.05, 3.63) is 23.9 Å². The topological polar surface area (TPSA) is 79.3 Å². The molecule has 102 valence electrons. The largest absolute Gasteiger partial charge is 0.477 e. The molecule has 0 radical (unpaired) electrons. The van der Waals surface area contributed by atoms with Crippen molar-refractivity contribution in [1.82, 2.24) is 4.98 Å². The van der Waals surface area contributed by atoms with Crippen LogP contribution in [0.2, 0.25) is 0 Å². The van der Waals surface area contributed by atoms with E-state index in [4.69, 9.17) is 5.11 Å². The molecule has 0 aromatic carbocycles. The number of nitrogens with one attached hydrogen (secondary N) is 1. The number of hydrogen-bond acceptors (Lipinski definition) is 3. The van der Waals surface area contributed by atoms with Crippen LogP contribution in [0, 0.1) is 5.92 Å². The number of carboxylic acids is 1. The number of hydrogen-bond donors (Lipinski definition) is 2. The number of aromatic nitrogens is 1. The molecule has 0 saturated heterocycles. The van der Waals surface area contributed by atoms with E-state index >= 15 is 0 Å². The van der Waals surface area contributed by atoms with Crippen LogP contribution in [0.1, 0.15) is 29.8 Å². The molecule has 1 saturated carbocycles. The van der Waals surface area contributed by atoms with Gasteiger partial charge in [0, 0.05) is 18.8 Å². The van der Waals surface area contributed by atoms with Crippen LogP contribution in [0.15, 0.2) is 18.2 Å². The van der Waals surface area contributed by atoms with Gasteiger partial charge < -0.3 is 10.4 Å². The van der Waals surface area contributed by atoms with Gasteiger partial charge in [-0.15, -0.1) is 0 Å². The lowest BCUT2D eigenvalue weighted by Gasteiger charge is -2.11. The Morgan fingerprint density at radius 2 is 2.16 bits per heavy atom. The summed E-state index contributed by atoms with van der Waals surface area (Å²) in [6.07, 6.45) is -0.650. The second-order valence-electron chi connectivity index (χ2n) is 4.50. The van der Waals surface area contributed by atoms with Gasteiger partial charge in [-0.05, 0) is 18.6 Å². The van der Waals surface area contributed by atoms with E-state index in [2.05, 4.69) is 10.3 Å². The van der Waals surface area contributed by atoms with E-state index in [-0.39, 0.29) is 24.4 Å². The maximum Gasteiger partial charge on any atom is 0.354 e. The molecule has 2 rings (SSSR count). The summed E-state index contributed by atoms with van der Waals surface area (Å²) in [6.45, 7) is 0. The van der Waals surface area contributed by atoms with Crippen molar-refractivity contribution >= 4 is 17.7 Å². The first-order valence-electron chi connectivity index (χ1n) is 5.76. The fourth-order valence-electron chi connectivity index (χ4n) is 2.03. The maximum absolute atomic E-state index is 13.0. The summed E-state index contributed by atoms with van der Waals surface area (Å²) in [4.78, 5) is 26.2. The molecule has 1 atom stereocenters. The highest BCUT2D eigenvalue weighted by Crippen LogP contribution is 2.39. The van der Waals surface area contributed by atoms with Gasteiger partial charge in [0.15, 0.2) is 5.69 Å². The van der Waals surface area contributed by atoms with Gasteiger partial charge in [0.2, 0.25) is 11.8 Å². The molecule has 5 nitrogen and oxygen atoms in total. The van der Waals surface area contributed by atoms with Crippen molar-refractivity contribution < 1.29 is 23.5 Å². The van der Waals surface area contributed by atoms with E-state index in [9.17, 15) is 18.4 Å². The number of carboxylic acid groups (broad SMARTS) is 1. The number of carbonyl (C=O) groups excluding carboxylic acids is 1. The number of halogens is 2. The Hall–Kier alpha value is -2.05. The molecule has 1 aromatic heterocycles. The molecule has 1 aliphatic rings. The van der Waals surface area contributed by atoms with Crippen LogP contribution in [-0.4, -0.2) is 27.9 Å². The van der Waals surface area contributed by atoms with Crippen molar-refractivity contribution in [2.75, 3.05) is 5.32 Å². The molecule has 0 spiro atoms. The molecule has 2 N–H and O–H groups in total. The van der Waals surface area contributed by atoms with Gasteiger partial charge in [0.05, 0.1) is 0 Å². The summed E-state index contributed by atoms with van der Waals surface area (Å²) in [5.41, 5.74) is -0.213. The molecule has 1 amide bonds. The van der Waals surface area contributed by atoms with Crippen molar-refractivity contribution in [2.24, 2.45) is 5.92 Å².